The Labute approximate surface area is 190 Å². The highest BCUT2D eigenvalue weighted by atomic mass is 32.2. The van der Waals surface area contributed by atoms with Gasteiger partial charge < -0.3 is 14.8 Å². The molecule has 1 aliphatic heterocycles. The predicted octanol–water partition coefficient (Wildman–Crippen LogP) is 2.77. The van der Waals surface area contributed by atoms with E-state index in [0.29, 0.717) is 65.6 Å². The van der Waals surface area contributed by atoms with Gasteiger partial charge in [-0.1, -0.05) is 30.0 Å². The second kappa shape index (κ2) is 11.4. The molecule has 1 aliphatic rings. The van der Waals surface area contributed by atoms with E-state index in [-0.39, 0.29) is 11.5 Å². The standard InChI is InChI=1S/C21H26N4O4S2/c1-3-29-13-7-11-25-20(27)16(31-21(25)30)14-15-18(22-9-6-12-28-2)23-17-8-4-5-10-24(17)19(15)26/h4-5,8,10,14,22H,3,6-7,9,11-13H2,1-2H3/b16-14-. The van der Waals surface area contributed by atoms with E-state index < -0.39 is 0 Å². The van der Waals surface area contributed by atoms with Gasteiger partial charge in [-0.05, 0) is 38.0 Å². The van der Waals surface area contributed by atoms with Crippen molar-refractivity contribution in [1.29, 1.82) is 0 Å². The van der Waals surface area contributed by atoms with Gasteiger partial charge in [0.2, 0.25) is 0 Å². The zero-order valence-electron chi connectivity index (χ0n) is 17.6. The summed E-state index contributed by atoms with van der Waals surface area (Å²) >= 11 is 6.59. The Hall–Kier alpha value is -2.27. The average molecular weight is 463 g/mol. The summed E-state index contributed by atoms with van der Waals surface area (Å²) in [5.41, 5.74) is 0.611. The summed E-state index contributed by atoms with van der Waals surface area (Å²) in [7, 11) is 1.64. The normalized spacial score (nSPS) is 15.4. The molecule has 31 heavy (non-hydrogen) atoms. The Morgan fingerprint density at radius 1 is 1.26 bits per heavy atom. The molecule has 0 atom stereocenters. The van der Waals surface area contributed by atoms with Gasteiger partial charge in [0.1, 0.15) is 15.8 Å². The number of methoxy groups -OCH3 is 1. The van der Waals surface area contributed by atoms with Crippen LogP contribution in [0, 0.1) is 0 Å². The van der Waals surface area contributed by atoms with Gasteiger partial charge in [0.25, 0.3) is 11.5 Å². The second-order valence-electron chi connectivity index (χ2n) is 6.77. The number of nitrogens with one attached hydrogen (secondary N) is 1. The van der Waals surface area contributed by atoms with Gasteiger partial charge >= 0.3 is 0 Å². The van der Waals surface area contributed by atoms with E-state index in [9.17, 15) is 9.59 Å². The summed E-state index contributed by atoms with van der Waals surface area (Å²) in [6.45, 7) is 4.80. The minimum atomic E-state index is -0.249. The zero-order chi connectivity index (χ0) is 22.2. The van der Waals surface area contributed by atoms with Crippen molar-refractivity contribution in [1.82, 2.24) is 14.3 Å². The van der Waals surface area contributed by atoms with Gasteiger partial charge in [-0.15, -0.1) is 0 Å². The Bertz CT molecular complexity index is 1040. The highest BCUT2D eigenvalue weighted by Crippen LogP contribution is 2.33. The number of amides is 1. The van der Waals surface area contributed by atoms with E-state index in [1.54, 1.807) is 36.4 Å². The summed E-state index contributed by atoms with van der Waals surface area (Å²) in [5, 5.41) is 3.21. The van der Waals surface area contributed by atoms with Crippen molar-refractivity contribution in [2.45, 2.75) is 19.8 Å². The number of hydrogen-bond donors (Lipinski definition) is 1. The number of hydrogen-bond acceptors (Lipinski definition) is 8. The molecule has 1 amide bonds. The van der Waals surface area contributed by atoms with Gasteiger partial charge in [0.05, 0.1) is 10.5 Å². The molecule has 1 saturated heterocycles. The summed E-state index contributed by atoms with van der Waals surface area (Å²) in [5.74, 6) is 0.239. The maximum atomic E-state index is 13.2. The summed E-state index contributed by atoms with van der Waals surface area (Å²) in [4.78, 5) is 32.6. The summed E-state index contributed by atoms with van der Waals surface area (Å²) in [6.07, 6.45) is 4.71. The van der Waals surface area contributed by atoms with Crippen molar-refractivity contribution in [2.24, 2.45) is 0 Å². The first-order valence-electron chi connectivity index (χ1n) is 10.1. The third-order valence-electron chi connectivity index (χ3n) is 4.61. The largest absolute Gasteiger partial charge is 0.385 e. The van der Waals surface area contributed by atoms with E-state index in [1.165, 1.54) is 16.2 Å². The number of ether oxygens (including phenoxy) is 2. The molecule has 8 nitrogen and oxygen atoms in total. The van der Waals surface area contributed by atoms with Crippen LogP contribution >= 0.6 is 24.0 Å². The van der Waals surface area contributed by atoms with Crippen molar-refractivity contribution in [3.05, 3.63) is 45.2 Å². The number of thioether (sulfide) groups is 1. The molecule has 0 aromatic carbocycles. The van der Waals surface area contributed by atoms with Crippen molar-refractivity contribution < 1.29 is 14.3 Å². The smallest absolute Gasteiger partial charge is 0.267 e. The molecule has 1 fully saturated rings. The molecule has 166 valence electrons. The van der Waals surface area contributed by atoms with Gasteiger partial charge in [-0.25, -0.2) is 4.98 Å². The first kappa shape index (κ1) is 23.4. The van der Waals surface area contributed by atoms with E-state index in [1.807, 2.05) is 13.0 Å². The number of fused-ring (bicyclic) bond motifs is 1. The maximum Gasteiger partial charge on any atom is 0.267 e. The number of carbonyl (C=O) groups is 1. The van der Waals surface area contributed by atoms with Crippen LogP contribution in [-0.4, -0.2) is 64.5 Å². The van der Waals surface area contributed by atoms with Gasteiger partial charge in [-0.2, -0.15) is 0 Å². The van der Waals surface area contributed by atoms with Crippen LogP contribution in [0.1, 0.15) is 25.3 Å². The quantitative estimate of drug-likeness (QED) is 0.310. The maximum absolute atomic E-state index is 13.2. The molecular weight excluding hydrogens is 436 g/mol. The van der Waals surface area contributed by atoms with Crippen LogP contribution in [0.4, 0.5) is 5.82 Å². The van der Waals surface area contributed by atoms with E-state index in [0.717, 1.165) is 6.42 Å². The lowest BCUT2D eigenvalue weighted by Gasteiger charge is -2.14. The summed E-state index contributed by atoms with van der Waals surface area (Å²) in [6, 6.07) is 5.36. The lowest BCUT2D eigenvalue weighted by atomic mass is 10.2. The van der Waals surface area contributed by atoms with Crippen molar-refractivity contribution >= 4 is 51.7 Å². The Kier molecular flexibility index (Phi) is 8.59. The minimum absolute atomic E-state index is 0.200. The van der Waals surface area contributed by atoms with Gasteiger partial charge in [0, 0.05) is 46.2 Å². The predicted molar refractivity (Wildman–Crippen MR) is 127 cm³/mol. The Morgan fingerprint density at radius 2 is 2.10 bits per heavy atom. The van der Waals surface area contributed by atoms with Crippen molar-refractivity contribution in [3.63, 3.8) is 0 Å². The highest BCUT2D eigenvalue weighted by molar-refractivity contribution is 8.26. The lowest BCUT2D eigenvalue weighted by Crippen LogP contribution is -2.29. The summed E-state index contributed by atoms with van der Waals surface area (Å²) < 4.78 is 12.4. The van der Waals surface area contributed by atoms with Crippen LogP contribution in [0.25, 0.3) is 11.7 Å². The van der Waals surface area contributed by atoms with Crippen LogP contribution in [0.15, 0.2) is 34.1 Å². The Balaban J connectivity index is 1.90. The first-order valence-corrected chi connectivity index (χ1v) is 11.4. The first-order chi connectivity index (χ1) is 15.1. The van der Waals surface area contributed by atoms with Crippen LogP contribution in [0.2, 0.25) is 0 Å². The average Bonchev–Trinajstić information content (AvgIpc) is 3.04. The number of rotatable bonds is 11. The van der Waals surface area contributed by atoms with Crippen molar-refractivity contribution in [2.75, 3.05) is 45.3 Å². The van der Waals surface area contributed by atoms with Gasteiger partial charge in [0.15, 0.2) is 0 Å². The Morgan fingerprint density at radius 3 is 2.87 bits per heavy atom. The topological polar surface area (TPSA) is 85.2 Å². The molecule has 3 rings (SSSR count). The zero-order valence-corrected chi connectivity index (χ0v) is 19.3. The monoisotopic (exact) mass is 462 g/mol. The van der Waals surface area contributed by atoms with Crippen LogP contribution < -0.4 is 10.9 Å². The molecular formula is C21H26N4O4S2. The fourth-order valence-corrected chi connectivity index (χ4v) is 4.37. The minimum Gasteiger partial charge on any atom is -0.385 e. The molecule has 0 saturated carbocycles. The number of carbonyl (C=O) groups excluding carboxylic acids is 1. The molecule has 0 radical (unpaired) electrons. The fraction of sp³-hybridized carbons (Fsp3) is 0.429. The highest BCUT2D eigenvalue weighted by Gasteiger charge is 2.32. The number of anilines is 1. The molecule has 0 aliphatic carbocycles. The van der Waals surface area contributed by atoms with E-state index in [2.05, 4.69) is 10.3 Å². The number of aromatic nitrogens is 2. The number of pyridine rings is 1. The lowest BCUT2D eigenvalue weighted by molar-refractivity contribution is -0.122. The number of nitrogens with zero attached hydrogens (tertiary/aromatic N) is 3. The van der Waals surface area contributed by atoms with Gasteiger partial charge in [-0.3, -0.25) is 18.9 Å². The molecule has 0 spiro atoms. The number of thiocarbonyl (C=S) groups is 1. The molecule has 0 unspecified atom stereocenters. The fourth-order valence-electron chi connectivity index (χ4n) is 3.08. The second-order valence-corrected chi connectivity index (χ2v) is 8.44. The van der Waals surface area contributed by atoms with E-state index >= 15 is 0 Å². The van der Waals surface area contributed by atoms with E-state index in [4.69, 9.17) is 21.7 Å². The molecule has 3 heterocycles. The molecule has 10 heteroatoms. The molecule has 0 bridgehead atoms. The molecule has 2 aromatic rings. The van der Waals surface area contributed by atoms with Crippen molar-refractivity contribution in [3.8, 4) is 0 Å². The van der Waals surface area contributed by atoms with Crippen LogP contribution in [0.5, 0.6) is 0 Å². The third-order valence-corrected chi connectivity index (χ3v) is 5.99. The molecule has 2 aromatic heterocycles. The third kappa shape index (κ3) is 5.70. The van der Waals surface area contributed by atoms with Crippen LogP contribution in [0.3, 0.4) is 0 Å². The molecule has 1 N–H and O–H groups in total. The van der Waals surface area contributed by atoms with Crippen LogP contribution in [-0.2, 0) is 14.3 Å². The SMILES string of the molecule is CCOCCCN1C(=O)/C(=C/c2c(NCCCOC)nc3ccccn3c2=O)SC1=S.